The second-order valence-corrected chi connectivity index (χ2v) is 5.16. The molecule has 0 aliphatic carbocycles. The van der Waals surface area contributed by atoms with Crippen molar-refractivity contribution in [1.82, 2.24) is 4.98 Å². The van der Waals surface area contributed by atoms with Gasteiger partial charge in [0.25, 0.3) is 0 Å². The van der Waals surface area contributed by atoms with E-state index in [4.69, 9.17) is 0 Å². The van der Waals surface area contributed by atoms with Gasteiger partial charge in [-0.3, -0.25) is 9.78 Å². The number of nitrogens with zero attached hydrogens (tertiary/aromatic N) is 1. The number of benzene rings is 1. The van der Waals surface area contributed by atoms with Gasteiger partial charge in [-0.25, -0.2) is 0 Å². The molecule has 0 aliphatic heterocycles. The zero-order chi connectivity index (χ0) is 13.7. The van der Waals surface area contributed by atoms with Crippen LogP contribution in [0.25, 0.3) is 0 Å². The molecule has 0 spiro atoms. The van der Waals surface area contributed by atoms with Crippen LogP contribution in [-0.4, -0.2) is 10.9 Å². The summed E-state index contributed by atoms with van der Waals surface area (Å²) in [7, 11) is 0. The van der Waals surface area contributed by atoms with Gasteiger partial charge in [-0.15, -0.1) is 0 Å². The minimum Gasteiger partial charge on any atom is -0.326 e. The molecule has 0 radical (unpaired) electrons. The molecular weight excluding hydrogens is 304 g/mol. The van der Waals surface area contributed by atoms with Crippen molar-refractivity contribution in [2.24, 2.45) is 0 Å². The van der Waals surface area contributed by atoms with Gasteiger partial charge in [0.2, 0.25) is 5.91 Å². The molecule has 98 valence electrons. The van der Waals surface area contributed by atoms with Crippen LogP contribution in [0.1, 0.15) is 18.1 Å². The lowest BCUT2D eigenvalue weighted by Crippen LogP contribution is -2.15. The van der Waals surface area contributed by atoms with Gasteiger partial charge in [-0.05, 0) is 41.8 Å². The van der Waals surface area contributed by atoms with Crippen molar-refractivity contribution in [3.05, 3.63) is 58.3 Å². The molecule has 2 aromatic rings. The predicted octanol–water partition coefficient (Wildman–Crippen LogP) is 3.59. The number of aromatic nitrogens is 1. The summed E-state index contributed by atoms with van der Waals surface area (Å²) in [4.78, 5) is 16.0. The van der Waals surface area contributed by atoms with Crippen LogP contribution in [0, 0.1) is 0 Å². The quantitative estimate of drug-likeness (QED) is 0.936. The van der Waals surface area contributed by atoms with Gasteiger partial charge in [0.15, 0.2) is 0 Å². The van der Waals surface area contributed by atoms with E-state index >= 15 is 0 Å². The van der Waals surface area contributed by atoms with E-state index < -0.39 is 0 Å². The molecule has 0 saturated heterocycles. The average molecular weight is 319 g/mol. The number of rotatable bonds is 4. The van der Waals surface area contributed by atoms with E-state index in [1.54, 1.807) is 12.4 Å². The Balaban J connectivity index is 2.07. The zero-order valence-electron chi connectivity index (χ0n) is 10.7. The molecular formula is C15H15BrN2O. The Hall–Kier alpha value is -1.68. The maximum absolute atomic E-state index is 12.0. The third kappa shape index (κ3) is 3.89. The number of amides is 1. The van der Waals surface area contributed by atoms with E-state index in [1.165, 1.54) is 0 Å². The third-order valence-electron chi connectivity index (χ3n) is 2.81. The number of aryl methyl sites for hydroxylation is 1. The molecule has 2 rings (SSSR count). The first-order valence-corrected chi connectivity index (χ1v) is 6.95. The lowest BCUT2D eigenvalue weighted by atomic mass is 10.1. The van der Waals surface area contributed by atoms with Gasteiger partial charge in [-0.1, -0.05) is 28.9 Å². The monoisotopic (exact) mass is 318 g/mol. The second kappa shape index (κ2) is 6.48. The van der Waals surface area contributed by atoms with Crippen LogP contribution < -0.4 is 5.32 Å². The Kier molecular flexibility index (Phi) is 4.68. The Labute approximate surface area is 121 Å². The molecule has 1 heterocycles. The van der Waals surface area contributed by atoms with Gasteiger partial charge in [0.1, 0.15) is 0 Å². The fraction of sp³-hybridized carbons (Fsp3) is 0.200. The summed E-state index contributed by atoms with van der Waals surface area (Å²) in [6, 6.07) is 9.61. The summed E-state index contributed by atoms with van der Waals surface area (Å²) in [5.41, 5.74) is 2.91. The highest BCUT2D eigenvalue weighted by Gasteiger charge is 2.07. The molecule has 4 heteroatoms. The standard InChI is InChI=1S/C15H15BrN2O/c1-2-12-9-13(16)5-6-14(12)18-15(19)8-11-4-3-7-17-10-11/h3-7,9-10H,2,8H2,1H3,(H,18,19). The predicted molar refractivity (Wildman–Crippen MR) is 80.1 cm³/mol. The van der Waals surface area contributed by atoms with Crippen molar-refractivity contribution in [2.45, 2.75) is 19.8 Å². The number of carbonyl (C=O) groups excluding carboxylic acids is 1. The molecule has 0 fully saturated rings. The Morgan fingerprint density at radius 1 is 1.37 bits per heavy atom. The number of hydrogen-bond donors (Lipinski definition) is 1. The van der Waals surface area contributed by atoms with Gasteiger partial charge in [0, 0.05) is 22.6 Å². The molecule has 1 N–H and O–H groups in total. The summed E-state index contributed by atoms with van der Waals surface area (Å²) in [6.07, 6.45) is 4.63. The highest BCUT2D eigenvalue weighted by atomic mass is 79.9. The van der Waals surface area contributed by atoms with Crippen LogP contribution in [0.15, 0.2) is 47.2 Å². The minimum atomic E-state index is -0.0231. The molecule has 0 atom stereocenters. The normalized spacial score (nSPS) is 10.2. The Morgan fingerprint density at radius 3 is 2.89 bits per heavy atom. The maximum Gasteiger partial charge on any atom is 0.228 e. The van der Waals surface area contributed by atoms with Crippen molar-refractivity contribution >= 4 is 27.5 Å². The number of nitrogens with one attached hydrogen (secondary N) is 1. The maximum atomic E-state index is 12.0. The van der Waals surface area contributed by atoms with Gasteiger partial charge in [-0.2, -0.15) is 0 Å². The van der Waals surface area contributed by atoms with Crippen molar-refractivity contribution in [1.29, 1.82) is 0 Å². The molecule has 1 aromatic heterocycles. The highest BCUT2D eigenvalue weighted by molar-refractivity contribution is 9.10. The SMILES string of the molecule is CCc1cc(Br)ccc1NC(=O)Cc1cccnc1. The smallest absolute Gasteiger partial charge is 0.228 e. The van der Waals surface area contributed by atoms with E-state index in [1.807, 2.05) is 30.3 Å². The number of carbonyl (C=O) groups is 1. The molecule has 1 aromatic carbocycles. The van der Waals surface area contributed by atoms with Crippen LogP contribution >= 0.6 is 15.9 Å². The van der Waals surface area contributed by atoms with Crippen LogP contribution in [0.4, 0.5) is 5.69 Å². The van der Waals surface area contributed by atoms with E-state index in [-0.39, 0.29) is 5.91 Å². The van der Waals surface area contributed by atoms with Crippen LogP contribution in [-0.2, 0) is 17.6 Å². The third-order valence-corrected chi connectivity index (χ3v) is 3.30. The van der Waals surface area contributed by atoms with E-state index in [0.29, 0.717) is 6.42 Å². The lowest BCUT2D eigenvalue weighted by molar-refractivity contribution is -0.115. The Morgan fingerprint density at radius 2 is 2.21 bits per heavy atom. The first kappa shape index (κ1) is 13.7. The Bertz CT molecular complexity index is 570. The molecule has 3 nitrogen and oxygen atoms in total. The van der Waals surface area contributed by atoms with E-state index in [9.17, 15) is 4.79 Å². The lowest BCUT2D eigenvalue weighted by Gasteiger charge is -2.10. The number of pyridine rings is 1. The molecule has 0 saturated carbocycles. The highest BCUT2D eigenvalue weighted by Crippen LogP contribution is 2.21. The van der Waals surface area contributed by atoms with Crippen LogP contribution in [0.2, 0.25) is 0 Å². The van der Waals surface area contributed by atoms with Gasteiger partial charge >= 0.3 is 0 Å². The van der Waals surface area contributed by atoms with E-state index in [2.05, 4.69) is 33.2 Å². The largest absolute Gasteiger partial charge is 0.326 e. The zero-order valence-corrected chi connectivity index (χ0v) is 12.3. The molecule has 0 unspecified atom stereocenters. The van der Waals surface area contributed by atoms with Gasteiger partial charge < -0.3 is 5.32 Å². The van der Waals surface area contributed by atoms with Crippen LogP contribution in [0.5, 0.6) is 0 Å². The molecule has 0 aliphatic rings. The molecule has 19 heavy (non-hydrogen) atoms. The molecule has 0 bridgehead atoms. The summed E-state index contributed by atoms with van der Waals surface area (Å²) < 4.78 is 1.02. The summed E-state index contributed by atoms with van der Waals surface area (Å²) in [5, 5.41) is 2.95. The average Bonchev–Trinajstić information content (AvgIpc) is 2.42. The fourth-order valence-electron chi connectivity index (χ4n) is 1.86. The summed E-state index contributed by atoms with van der Waals surface area (Å²) in [5.74, 6) is -0.0231. The number of anilines is 1. The fourth-order valence-corrected chi connectivity index (χ4v) is 2.27. The van der Waals surface area contributed by atoms with Crippen LogP contribution in [0.3, 0.4) is 0 Å². The summed E-state index contributed by atoms with van der Waals surface area (Å²) >= 11 is 3.44. The minimum absolute atomic E-state index is 0.0231. The molecule has 1 amide bonds. The summed E-state index contributed by atoms with van der Waals surface area (Å²) in [6.45, 7) is 2.07. The second-order valence-electron chi connectivity index (χ2n) is 4.24. The van der Waals surface area contributed by atoms with Crippen molar-refractivity contribution in [3.8, 4) is 0 Å². The van der Waals surface area contributed by atoms with Gasteiger partial charge in [0.05, 0.1) is 6.42 Å². The van der Waals surface area contributed by atoms with Crippen molar-refractivity contribution < 1.29 is 4.79 Å². The van der Waals surface area contributed by atoms with E-state index in [0.717, 1.165) is 27.7 Å². The van der Waals surface area contributed by atoms with Crippen molar-refractivity contribution in [2.75, 3.05) is 5.32 Å². The first-order valence-electron chi connectivity index (χ1n) is 6.16. The topological polar surface area (TPSA) is 42.0 Å². The number of hydrogen-bond acceptors (Lipinski definition) is 2. The number of halogens is 1. The first-order chi connectivity index (χ1) is 9.19. The van der Waals surface area contributed by atoms with Crippen molar-refractivity contribution in [3.63, 3.8) is 0 Å².